The number of nitrogens with one attached hydrogen (secondary N) is 1. The summed E-state index contributed by atoms with van der Waals surface area (Å²) >= 11 is 8.18. The van der Waals surface area contributed by atoms with Crippen molar-refractivity contribution < 1.29 is 9.53 Å². The van der Waals surface area contributed by atoms with Crippen LogP contribution in [0, 0.1) is 5.92 Å². The lowest BCUT2D eigenvalue weighted by Crippen LogP contribution is -2.50. The predicted molar refractivity (Wildman–Crippen MR) is 133 cm³/mol. The smallest absolute Gasteiger partial charge is 0.226 e. The number of thiophene rings is 1. The SMILES string of the molecule is C[C@@H]1CN(C(=O)[C@H]2CCc3c(sc4ncnc(Nc5cc6ccnn6cc5Cl)c34)C2)C[C@H](C)O1. The number of pyridine rings is 1. The normalized spacial score (nSPS) is 22.8. The van der Waals surface area contributed by atoms with Gasteiger partial charge in [0.25, 0.3) is 0 Å². The van der Waals surface area contributed by atoms with Gasteiger partial charge < -0.3 is 15.0 Å². The first-order valence-electron chi connectivity index (χ1n) is 11.6. The average molecular weight is 497 g/mol. The van der Waals surface area contributed by atoms with Crippen LogP contribution in [0.15, 0.2) is 30.9 Å². The molecule has 1 fully saturated rings. The zero-order valence-corrected chi connectivity index (χ0v) is 20.6. The maximum Gasteiger partial charge on any atom is 0.226 e. The molecule has 5 heterocycles. The number of hydrogen-bond acceptors (Lipinski definition) is 7. The van der Waals surface area contributed by atoms with Gasteiger partial charge in [0, 0.05) is 36.3 Å². The fourth-order valence-electron chi connectivity index (χ4n) is 5.20. The number of aromatic nitrogens is 4. The van der Waals surface area contributed by atoms with Crippen molar-refractivity contribution in [1.29, 1.82) is 0 Å². The van der Waals surface area contributed by atoms with Gasteiger partial charge in [-0.25, -0.2) is 14.5 Å². The van der Waals surface area contributed by atoms with Gasteiger partial charge in [-0.05, 0) is 50.8 Å². The van der Waals surface area contributed by atoms with Gasteiger partial charge in [-0.1, -0.05) is 11.6 Å². The minimum absolute atomic E-state index is 0.00106. The fourth-order valence-corrected chi connectivity index (χ4v) is 6.66. The molecular formula is C24H25ClN6O2S. The molecule has 1 aliphatic heterocycles. The summed E-state index contributed by atoms with van der Waals surface area (Å²) in [6, 6.07) is 3.89. The van der Waals surface area contributed by atoms with Gasteiger partial charge in [0.1, 0.15) is 17.0 Å². The third-order valence-corrected chi connectivity index (χ3v) is 8.13. The van der Waals surface area contributed by atoms with Crippen molar-refractivity contribution in [2.24, 2.45) is 5.92 Å². The van der Waals surface area contributed by atoms with Crippen molar-refractivity contribution in [3.63, 3.8) is 0 Å². The first-order valence-corrected chi connectivity index (χ1v) is 12.7. The number of halogens is 1. The van der Waals surface area contributed by atoms with Gasteiger partial charge in [-0.15, -0.1) is 11.3 Å². The predicted octanol–water partition coefficient (Wildman–Crippen LogP) is 4.48. The van der Waals surface area contributed by atoms with E-state index in [1.807, 2.05) is 30.9 Å². The molecular weight excluding hydrogens is 472 g/mol. The lowest BCUT2D eigenvalue weighted by atomic mass is 9.86. The van der Waals surface area contributed by atoms with Crippen molar-refractivity contribution in [2.75, 3.05) is 18.4 Å². The number of nitrogens with zero attached hydrogens (tertiary/aromatic N) is 5. The number of anilines is 2. The quantitative estimate of drug-likeness (QED) is 0.450. The van der Waals surface area contributed by atoms with E-state index >= 15 is 0 Å². The van der Waals surface area contributed by atoms with Crippen LogP contribution in [-0.2, 0) is 22.4 Å². The summed E-state index contributed by atoms with van der Waals surface area (Å²) in [5.74, 6) is 0.991. The number of ether oxygens (including phenoxy) is 1. The number of amides is 1. The Bertz CT molecular complexity index is 1390. The van der Waals surface area contributed by atoms with Gasteiger partial charge in [-0.2, -0.15) is 5.10 Å². The van der Waals surface area contributed by atoms with E-state index in [4.69, 9.17) is 16.3 Å². The van der Waals surface area contributed by atoms with Gasteiger partial charge in [0.2, 0.25) is 5.91 Å². The van der Waals surface area contributed by atoms with E-state index in [-0.39, 0.29) is 24.0 Å². The number of rotatable bonds is 3. The van der Waals surface area contributed by atoms with Crippen LogP contribution >= 0.6 is 22.9 Å². The molecule has 0 radical (unpaired) electrons. The minimum Gasteiger partial charge on any atom is -0.372 e. The Morgan fingerprint density at radius 2 is 2.09 bits per heavy atom. The van der Waals surface area contributed by atoms with Crippen LogP contribution < -0.4 is 5.32 Å². The van der Waals surface area contributed by atoms with Gasteiger partial charge >= 0.3 is 0 Å². The van der Waals surface area contributed by atoms with Crippen molar-refractivity contribution >= 4 is 56.1 Å². The molecule has 0 bridgehead atoms. The van der Waals surface area contributed by atoms with E-state index in [2.05, 4.69) is 20.4 Å². The molecule has 3 atom stereocenters. The Kier molecular flexibility index (Phi) is 5.43. The third-order valence-electron chi connectivity index (χ3n) is 6.66. The first kappa shape index (κ1) is 21.8. The van der Waals surface area contributed by atoms with E-state index in [0.717, 1.165) is 46.5 Å². The zero-order chi connectivity index (χ0) is 23.4. The molecule has 8 nitrogen and oxygen atoms in total. The molecule has 0 spiro atoms. The molecule has 1 saturated heterocycles. The van der Waals surface area contributed by atoms with E-state index in [1.54, 1.807) is 34.6 Å². The molecule has 1 aliphatic carbocycles. The Morgan fingerprint density at radius 3 is 2.91 bits per heavy atom. The van der Waals surface area contributed by atoms with Gasteiger partial charge in [0.05, 0.1) is 33.8 Å². The van der Waals surface area contributed by atoms with E-state index in [9.17, 15) is 4.79 Å². The maximum absolute atomic E-state index is 13.3. The zero-order valence-electron chi connectivity index (χ0n) is 19.0. The van der Waals surface area contributed by atoms with Crippen LogP contribution in [0.3, 0.4) is 0 Å². The second-order valence-electron chi connectivity index (χ2n) is 9.21. The maximum atomic E-state index is 13.3. The fraction of sp³-hybridized carbons (Fsp3) is 0.417. The van der Waals surface area contributed by atoms with Crippen LogP contribution in [0.4, 0.5) is 11.5 Å². The Morgan fingerprint density at radius 1 is 1.26 bits per heavy atom. The Balaban J connectivity index is 1.29. The molecule has 0 saturated carbocycles. The number of hydrogen-bond donors (Lipinski definition) is 1. The molecule has 6 rings (SSSR count). The summed E-state index contributed by atoms with van der Waals surface area (Å²) < 4.78 is 7.55. The Labute approximate surface area is 205 Å². The summed E-state index contributed by atoms with van der Waals surface area (Å²) in [7, 11) is 0. The van der Waals surface area contributed by atoms with Crippen LogP contribution in [-0.4, -0.2) is 55.7 Å². The molecule has 1 N–H and O–H groups in total. The van der Waals surface area contributed by atoms with E-state index in [1.165, 1.54) is 10.4 Å². The summed E-state index contributed by atoms with van der Waals surface area (Å²) in [5.41, 5.74) is 2.96. The molecule has 10 heteroatoms. The van der Waals surface area contributed by atoms with Crippen LogP contribution in [0.2, 0.25) is 5.02 Å². The number of carbonyl (C=O) groups is 1. The van der Waals surface area contributed by atoms with Gasteiger partial charge in [0.15, 0.2) is 0 Å². The van der Waals surface area contributed by atoms with Crippen molar-refractivity contribution in [2.45, 2.75) is 45.3 Å². The Hall–Kier alpha value is -2.75. The minimum atomic E-state index is 0.00106. The second kappa shape index (κ2) is 8.48. The summed E-state index contributed by atoms with van der Waals surface area (Å²) in [6.45, 7) is 5.40. The molecule has 34 heavy (non-hydrogen) atoms. The largest absolute Gasteiger partial charge is 0.372 e. The van der Waals surface area contributed by atoms with Crippen molar-refractivity contribution in [3.05, 3.63) is 46.3 Å². The number of fused-ring (bicyclic) bond motifs is 4. The van der Waals surface area contributed by atoms with E-state index in [0.29, 0.717) is 18.1 Å². The standard InChI is InChI=1S/C24H25ClN6O2S/c1-13-9-30(10-14(2)33-13)24(32)15-3-4-17-20(7-15)34-23-21(17)22(26-12-27-23)29-19-8-16-5-6-28-31(16)11-18(19)25/h5-6,8,11-15H,3-4,7,9-10H2,1-2H3,(H,26,27,29)/t13-,14+,15-/m0/s1. The highest BCUT2D eigenvalue weighted by Gasteiger charge is 2.34. The number of carbonyl (C=O) groups excluding carboxylic acids is 1. The van der Waals surface area contributed by atoms with E-state index < -0.39 is 0 Å². The van der Waals surface area contributed by atoms with Crippen LogP contribution in [0.25, 0.3) is 15.7 Å². The average Bonchev–Trinajstić information content (AvgIpc) is 3.41. The summed E-state index contributed by atoms with van der Waals surface area (Å²) in [4.78, 5) is 26.6. The monoisotopic (exact) mass is 496 g/mol. The molecule has 2 aliphatic rings. The second-order valence-corrected chi connectivity index (χ2v) is 10.7. The molecule has 4 aromatic rings. The number of morpholine rings is 1. The molecule has 0 unspecified atom stereocenters. The van der Waals surface area contributed by atoms with Gasteiger partial charge in [-0.3, -0.25) is 4.79 Å². The molecule has 1 amide bonds. The molecule has 0 aromatic carbocycles. The first-order chi connectivity index (χ1) is 16.5. The number of aryl methyl sites for hydroxylation is 1. The summed E-state index contributed by atoms with van der Waals surface area (Å²) in [5, 5.41) is 9.25. The third kappa shape index (κ3) is 3.81. The lowest BCUT2D eigenvalue weighted by molar-refractivity contribution is -0.147. The van der Waals surface area contributed by atoms with Crippen molar-refractivity contribution in [1.82, 2.24) is 24.5 Å². The van der Waals surface area contributed by atoms with Crippen LogP contribution in [0.1, 0.15) is 30.7 Å². The highest BCUT2D eigenvalue weighted by molar-refractivity contribution is 7.19. The highest BCUT2D eigenvalue weighted by Crippen LogP contribution is 2.41. The molecule has 4 aromatic heterocycles. The topological polar surface area (TPSA) is 84.7 Å². The molecule has 176 valence electrons. The van der Waals surface area contributed by atoms with Crippen molar-refractivity contribution in [3.8, 4) is 0 Å². The highest BCUT2D eigenvalue weighted by atomic mass is 35.5. The summed E-state index contributed by atoms with van der Waals surface area (Å²) in [6.07, 6.45) is 7.66. The lowest BCUT2D eigenvalue weighted by Gasteiger charge is -2.37. The van der Waals surface area contributed by atoms with Crippen LogP contribution in [0.5, 0.6) is 0 Å².